The van der Waals surface area contributed by atoms with Gasteiger partial charge in [-0.05, 0) is 16.8 Å². The van der Waals surface area contributed by atoms with Crippen LogP contribution in [0.1, 0.15) is 6.92 Å². The first-order valence-electron chi connectivity index (χ1n) is 3.77. The number of nitro groups is 2. The van der Waals surface area contributed by atoms with Crippen LogP contribution in [-0.2, 0) is 11.3 Å². The molecule has 0 saturated heterocycles. The van der Waals surface area contributed by atoms with Gasteiger partial charge >= 0.3 is 11.6 Å². The minimum atomic E-state index is -0.964. The van der Waals surface area contributed by atoms with E-state index in [1.165, 1.54) is 6.92 Å². The molecule has 1 aromatic heterocycles. The third-order valence-corrected chi connectivity index (χ3v) is 1.53. The van der Waals surface area contributed by atoms with E-state index in [4.69, 9.17) is 0 Å². The second kappa shape index (κ2) is 3.82. The number of imidazole rings is 1. The van der Waals surface area contributed by atoms with Crippen molar-refractivity contribution in [2.75, 3.05) is 0 Å². The van der Waals surface area contributed by atoms with Crippen LogP contribution < -0.4 is 0 Å². The molecule has 0 aromatic carbocycles. The molecule has 1 aromatic rings. The van der Waals surface area contributed by atoms with E-state index in [1.54, 1.807) is 0 Å². The van der Waals surface area contributed by atoms with Gasteiger partial charge in [0.05, 0.1) is 0 Å². The predicted octanol–water partition coefficient (Wildman–Crippen LogP) is 0.288. The van der Waals surface area contributed by atoms with Crippen molar-refractivity contribution in [3.05, 3.63) is 26.6 Å². The molecular formula is C6H6N4O5. The molecule has 0 N–H and O–H groups in total. The van der Waals surface area contributed by atoms with Crippen molar-refractivity contribution in [1.82, 2.24) is 9.55 Å². The van der Waals surface area contributed by atoms with Gasteiger partial charge in [0, 0.05) is 4.98 Å². The lowest BCUT2D eigenvalue weighted by atomic mass is 10.4. The first kappa shape index (κ1) is 10.8. The van der Waals surface area contributed by atoms with E-state index in [1.807, 2.05) is 0 Å². The summed E-state index contributed by atoms with van der Waals surface area (Å²) in [5, 5.41) is 20.9. The number of ketones is 1. The Balaban J connectivity index is 3.24. The maximum atomic E-state index is 10.7. The molecule has 0 radical (unpaired) electrons. The number of hydrogen-bond acceptors (Lipinski definition) is 6. The average Bonchev–Trinajstić information content (AvgIpc) is 2.46. The van der Waals surface area contributed by atoms with Gasteiger partial charge in [0.2, 0.25) is 0 Å². The molecule has 9 heteroatoms. The molecular weight excluding hydrogens is 208 g/mol. The summed E-state index contributed by atoms with van der Waals surface area (Å²) >= 11 is 0. The SMILES string of the molecule is CC(=O)Cn1cnc([N+](=O)[O-])c1[N+](=O)[O-]. The van der Waals surface area contributed by atoms with Gasteiger partial charge in [-0.2, -0.15) is 4.57 Å². The molecule has 15 heavy (non-hydrogen) atoms. The van der Waals surface area contributed by atoms with Crippen molar-refractivity contribution in [1.29, 1.82) is 0 Å². The fraction of sp³-hybridized carbons (Fsp3) is 0.333. The van der Waals surface area contributed by atoms with Crippen LogP contribution in [0.25, 0.3) is 0 Å². The van der Waals surface area contributed by atoms with Gasteiger partial charge in [0.15, 0.2) is 12.3 Å². The van der Waals surface area contributed by atoms with Crippen LogP contribution in [0, 0.1) is 20.2 Å². The largest absolute Gasteiger partial charge is 0.462 e. The minimum Gasteiger partial charge on any atom is -0.358 e. The molecule has 0 saturated carbocycles. The highest BCUT2D eigenvalue weighted by atomic mass is 16.6. The van der Waals surface area contributed by atoms with E-state index in [2.05, 4.69) is 4.98 Å². The lowest BCUT2D eigenvalue weighted by Gasteiger charge is -1.96. The number of rotatable bonds is 4. The topological polar surface area (TPSA) is 121 Å². The standard InChI is InChI=1S/C6H6N4O5/c1-4(11)2-8-3-7-5(9(12)13)6(8)10(14)15/h3H,2H2,1H3. The second-order valence-corrected chi connectivity index (χ2v) is 2.74. The molecule has 0 spiro atoms. The molecule has 0 fully saturated rings. The Kier molecular flexibility index (Phi) is 2.74. The van der Waals surface area contributed by atoms with E-state index in [9.17, 15) is 25.0 Å². The molecule has 1 heterocycles. The molecule has 80 valence electrons. The summed E-state index contributed by atoms with van der Waals surface area (Å²) in [7, 11) is 0. The minimum absolute atomic E-state index is 0.308. The van der Waals surface area contributed by atoms with Crippen LogP contribution in [-0.4, -0.2) is 25.2 Å². The van der Waals surface area contributed by atoms with Gasteiger partial charge < -0.3 is 20.2 Å². The molecule has 9 nitrogen and oxygen atoms in total. The number of Topliss-reactive ketones (excluding diaryl/α,β-unsaturated/α-hetero) is 1. The molecule has 0 amide bonds. The van der Waals surface area contributed by atoms with Crippen LogP contribution in [0.5, 0.6) is 0 Å². The van der Waals surface area contributed by atoms with Gasteiger partial charge in [0.25, 0.3) is 6.33 Å². The fourth-order valence-electron chi connectivity index (χ4n) is 1.04. The summed E-state index contributed by atoms with van der Waals surface area (Å²) in [5.41, 5.74) is 0. The Hall–Kier alpha value is -2.32. The van der Waals surface area contributed by atoms with Crippen molar-refractivity contribution >= 4 is 17.4 Å². The zero-order valence-corrected chi connectivity index (χ0v) is 7.61. The van der Waals surface area contributed by atoms with E-state index < -0.39 is 21.5 Å². The van der Waals surface area contributed by atoms with Crippen molar-refractivity contribution in [2.45, 2.75) is 13.5 Å². The van der Waals surface area contributed by atoms with Gasteiger partial charge in [-0.15, -0.1) is 0 Å². The van der Waals surface area contributed by atoms with Crippen LogP contribution in [0.4, 0.5) is 11.6 Å². The van der Waals surface area contributed by atoms with Crippen molar-refractivity contribution in [3.63, 3.8) is 0 Å². The third-order valence-electron chi connectivity index (χ3n) is 1.53. The zero-order chi connectivity index (χ0) is 11.6. The lowest BCUT2D eigenvalue weighted by Crippen LogP contribution is -2.08. The predicted molar refractivity (Wildman–Crippen MR) is 46.2 cm³/mol. The Labute approximate surface area is 82.6 Å². The zero-order valence-electron chi connectivity index (χ0n) is 7.61. The van der Waals surface area contributed by atoms with Crippen LogP contribution in [0.2, 0.25) is 0 Å². The smallest absolute Gasteiger partial charge is 0.358 e. The molecule has 0 aliphatic carbocycles. The molecule has 0 bridgehead atoms. The number of carbonyl (C=O) groups excluding carboxylic acids is 1. The van der Waals surface area contributed by atoms with Crippen LogP contribution in [0.3, 0.4) is 0 Å². The highest BCUT2D eigenvalue weighted by Crippen LogP contribution is 2.24. The Morgan fingerprint density at radius 1 is 1.47 bits per heavy atom. The van der Waals surface area contributed by atoms with E-state index in [0.29, 0.717) is 0 Å². The third kappa shape index (κ3) is 2.13. The van der Waals surface area contributed by atoms with Crippen molar-refractivity contribution in [3.8, 4) is 0 Å². The number of hydrogen-bond donors (Lipinski definition) is 0. The van der Waals surface area contributed by atoms with Gasteiger partial charge in [-0.1, -0.05) is 0 Å². The molecule has 0 atom stereocenters. The number of aromatic nitrogens is 2. The van der Waals surface area contributed by atoms with Crippen LogP contribution >= 0.6 is 0 Å². The maximum Gasteiger partial charge on any atom is 0.462 e. The van der Waals surface area contributed by atoms with Crippen LogP contribution in [0.15, 0.2) is 6.33 Å². The monoisotopic (exact) mass is 214 g/mol. The Morgan fingerprint density at radius 2 is 2.07 bits per heavy atom. The highest BCUT2D eigenvalue weighted by Gasteiger charge is 2.32. The van der Waals surface area contributed by atoms with Crippen molar-refractivity contribution < 1.29 is 14.6 Å². The lowest BCUT2D eigenvalue weighted by molar-refractivity contribution is -0.428. The highest BCUT2D eigenvalue weighted by molar-refractivity contribution is 5.75. The molecule has 0 unspecified atom stereocenters. The van der Waals surface area contributed by atoms with Gasteiger partial charge in [-0.3, -0.25) is 4.79 Å². The van der Waals surface area contributed by atoms with Gasteiger partial charge in [0.1, 0.15) is 0 Å². The molecule has 1 rings (SSSR count). The van der Waals surface area contributed by atoms with E-state index >= 15 is 0 Å². The number of carbonyl (C=O) groups is 1. The fourth-order valence-corrected chi connectivity index (χ4v) is 1.04. The number of nitrogens with zero attached hydrogens (tertiary/aromatic N) is 4. The summed E-state index contributed by atoms with van der Waals surface area (Å²) in [5.74, 6) is -2.00. The van der Waals surface area contributed by atoms with E-state index in [-0.39, 0.29) is 12.3 Å². The first-order valence-corrected chi connectivity index (χ1v) is 3.77. The summed E-state index contributed by atoms with van der Waals surface area (Å²) in [6.45, 7) is 0.909. The molecule has 0 aliphatic heterocycles. The first-order chi connectivity index (χ1) is 6.93. The van der Waals surface area contributed by atoms with Gasteiger partial charge in [-0.25, -0.2) is 0 Å². The Morgan fingerprint density at radius 3 is 2.47 bits per heavy atom. The Bertz CT molecular complexity index is 437. The summed E-state index contributed by atoms with van der Waals surface area (Å²) < 4.78 is 0.834. The summed E-state index contributed by atoms with van der Waals surface area (Å²) in [6, 6.07) is 0. The second-order valence-electron chi connectivity index (χ2n) is 2.74. The normalized spacial score (nSPS) is 9.93. The summed E-state index contributed by atoms with van der Waals surface area (Å²) in [4.78, 5) is 33.0. The summed E-state index contributed by atoms with van der Waals surface area (Å²) in [6.07, 6.45) is 0.900. The van der Waals surface area contributed by atoms with Crippen molar-refractivity contribution in [2.24, 2.45) is 0 Å². The quantitative estimate of drug-likeness (QED) is 0.524. The maximum absolute atomic E-state index is 10.7. The molecule has 0 aliphatic rings. The average molecular weight is 214 g/mol. The van der Waals surface area contributed by atoms with E-state index in [0.717, 1.165) is 10.9 Å².